The van der Waals surface area contributed by atoms with Gasteiger partial charge in [0.15, 0.2) is 12.1 Å². The molecular formula is C23H23N5O5. The van der Waals surface area contributed by atoms with Gasteiger partial charge in [0.05, 0.1) is 17.9 Å². The molecule has 170 valence electrons. The molecule has 0 unspecified atom stereocenters. The summed E-state index contributed by atoms with van der Waals surface area (Å²) in [6, 6.07) is 11.5. The predicted octanol–water partition coefficient (Wildman–Crippen LogP) is 2.36. The SMILES string of the molecule is CCOC(=O)c1ccc(NC(=O)CN2N=N[C@@H]3C(=O)N(c4ccc(CC)cc4)C(=O)[C@H]32)cc1. The van der Waals surface area contributed by atoms with Crippen LogP contribution in [-0.2, 0) is 25.5 Å². The maximum absolute atomic E-state index is 13.0. The number of hydrogen-bond acceptors (Lipinski definition) is 8. The molecule has 0 aromatic heterocycles. The maximum atomic E-state index is 13.0. The summed E-state index contributed by atoms with van der Waals surface area (Å²) in [6.45, 7) is 3.75. The van der Waals surface area contributed by atoms with Gasteiger partial charge in [-0.2, -0.15) is 5.11 Å². The summed E-state index contributed by atoms with van der Waals surface area (Å²) in [6.07, 6.45) is 0.843. The Morgan fingerprint density at radius 2 is 1.70 bits per heavy atom. The second kappa shape index (κ2) is 9.19. The Bertz CT molecular complexity index is 1110. The minimum Gasteiger partial charge on any atom is -0.462 e. The number of hydrogen-bond donors (Lipinski definition) is 1. The van der Waals surface area contributed by atoms with Gasteiger partial charge in [0.1, 0.15) is 6.54 Å². The normalized spacial score (nSPS) is 19.1. The minimum atomic E-state index is -0.972. The topological polar surface area (TPSA) is 121 Å². The molecule has 33 heavy (non-hydrogen) atoms. The highest BCUT2D eigenvalue weighted by atomic mass is 16.5. The van der Waals surface area contributed by atoms with Gasteiger partial charge in [-0.05, 0) is 55.3 Å². The van der Waals surface area contributed by atoms with Gasteiger partial charge < -0.3 is 10.1 Å². The van der Waals surface area contributed by atoms with E-state index >= 15 is 0 Å². The first-order valence-electron chi connectivity index (χ1n) is 10.6. The molecule has 3 amide bonds. The number of nitrogens with one attached hydrogen (secondary N) is 1. The quantitative estimate of drug-likeness (QED) is 0.512. The van der Waals surface area contributed by atoms with E-state index in [9.17, 15) is 19.2 Å². The predicted molar refractivity (Wildman–Crippen MR) is 118 cm³/mol. The zero-order valence-electron chi connectivity index (χ0n) is 18.2. The van der Waals surface area contributed by atoms with Crippen molar-refractivity contribution in [3.63, 3.8) is 0 Å². The van der Waals surface area contributed by atoms with Gasteiger partial charge in [-0.3, -0.25) is 19.4 Å². The molecule has 2 aromatic carbocycles. The summed E-state index contributed by atoms with van der Waals surface area (Å²) in [4.78, 5) is 51.2. The van der Waals surface area contributed by atoms with Crippen LogP contribution in [0.4, 0.5) is 11.4 Å². The molecular weight excluding hydrogens is 426 g/mol. The van der Waals surface area contributed by atoms with E-state index in [0.29, 0.717) is 16.9 Å². The lowest BCUT2D eigenvalue weighted by molar-refractivity contribution is -0.123. The fourth-order valence-corrected chi connectivity index (χ4v) is 3.74. The van der Waals surface area contributed by atoms with Crippen molar-refractivity contribution in [3.8, 4) is 0 Å². The number of fused-ring (bicyclic) bond motifs is 1. The van der Waals surface area contributed by atoms with Crippen LogP contribution in [-0.4, -0.2) is 53.9 Å². The summed E-state index contributed by atoms with van der Waals surface area (Å²) < 4.78 is 4.93. The Hall–Kier alpha value is -4.08. The lowest BCUT2D eigenvalue weighted by atomic mass is 10.1. The number of esters is 1. The Balaban J connectivity index is 1.41. The number of nitrogens with zero attached hydrogens (tertiary/aromatic N) is 4. The number of carbonyl (C=O) groups excluding carboxylic acids is 4. The third-order valence-corrected chi connectivity index (χ3v) is 5.45. The highest BCUT2D eigenvalue weighted by Gasteiger charge is 2.55. The molecule has 0 aliphatic carbocycles. The van der Waals surface area contributed by atoms with Gasteiger partial charge in [-0.15, -0.1) is 0 Å². The van der Waals surface area contributed by atoms with E-state index in [-0.39, 0.29) is 13.2 Å². The Morgan fingerprint density at radius 1 is 1.00 bits per heavy atom. The third-order valence-electron chi connectivity index (χ3n) is 5.45. The van der Waals surface area contributed by atoms with Crippen molar-refractivity contribution < 1.29 is 23.9 Å². The number of benzene rings is 2. The van der Waals surface area contributed by atoms with Gasteiger partial charge in [0.25, 0.3) is 11.8 Å². The van der Waals surface area contributed by atoms with Crippen molar-refractivity contribution in [3.05, 3.63) is 59.7 Å². The summed E-state index contributed by atoms with van der Waals surface area (Å²) in [7, 11) is 0. The molecule has 2 heterocycles. The summed E-state index contributed by atoms with van der Waals surface area (Å²) >= 11 is 0. The zero-order chi connectivity index (χ0) is 23.5. The highest BCUT2D eigenvalue weighted by molar-refractivity contribution is 6.25. The maximum Gasteiger partial charge on any atom is 0.338 e. The van der Waals surface area contributed by atoms with E-state index in [1.165, 1.54) is 5.01 Å². The zero-order valence-corrected chi connectivity index (χ0v) is 18.2. The highest BCUT2D eigenvalue weighted by Crippen LogP contribution is 2.32. The van der Waals surface area contributed by atoms with Crippen LogP contribution in [0.25, 0.3) is 0 Å². The van der Waals surface area contributed by atoms with Crippen LogP contribution in [0.15, 0.2) is 58.9 Å². The van der Waals surface area contributed by atoms with Crippen LogP contribution in [0.2, 0.25) is 0 Å². The number of aryl methyl sites for hydroxylation is 1. The summed E-state index contributed by atoms with van der Waals surface area (Å²) in [5.41, 5.74) is 2.39. The molecule has 2 aliphatic heterocycles. The second-order valence-electron chi connectivity index (χ2n) is 7.57. The monoisotopic (exact) mass is 449 g/mol. The molecule has 10 nitrogen and oxygen atoms in total. The van der Waals surface area contributed by atoms with Crippen molar-refractivity contribution >= 4 is 35.1 Å². The second-order valence-corrected chi connectivity index (χ2v) is 7.57. The molecule has 10 heteroatoms. The van der Waals surface area contributed by atoms with Crippen LogP contribution >= 0.6 is 0 Å². The Morgan fingerprint density at radius 3 is 2.33 bits per heavy atom. The van der Waals surface area contributed by atoms with E-state index in [4.69, 9.17) is 4.74 Å². The molecule has 2 aromatic rings. The molecule has 4 rings (SSSR count). The largest absolute Gasteiger partial charge is 0.462 e. The third kappa shape index (κ3) is 4.32. The van der Waals surface area contributed by atoms with Gasteiger partial charge >= 0.3 is 5.97 Å². The number of imide groups is 1. The molecule has 1 N–H and O–H groups in total. The molecule has 0 saturated carbocycles. The van der Waals surface area contributed by atoms with E-state index in [1.54, 1.807) is 43.3 Å². The van der Waals surface area contributed by atoms with E-state index < -0.39 is 35.8 Å². The Kier molecular flexibility index (Phi) is 6.16. The summed E-state index contributed by atoms with van der Waals surface area (Å²) in [5, 5.41) is 11.7. The van der Waals surface area contributed by atoms with Gasteiger partial charge in [0, 0.05) is 5.69 Å². The van der Waals surface area contributed by atoms with Gasteiger partial charge in [-0.25, -0.2) is 9.69 Å². The number of carbonyl (C=O) groups is 4. The van der Waals surface area contributed by atoms with Crippen LogP contribution in [0.1, 0.15) is 29.8 Å². The molecule has 0 bridgehead atoms. The first kappa shape index (κ1) is 22.1. The molecule has 0 spiro atoms. The average molecular weight is 449 g/mol. The molecule has 1 saturated heterocycles. The van der Waals surface area contributed by atoms with E-state index in [1.807, 2.05) is 19.1 Å². The number of amides is 3. The van der Waals surface area contributed by atoms with Crippen molar-refractivity contribution in [1.82, 2.24) is 5.01 Å². The van der Waals surface area contributed by atoms with Crippen LogP contribution in [0.3, 0.4) is 0 Å². The minimum absolute atomic E-state index is 0.258. The molecule has 2 atom stereocenters. The molecule has 0 radical (unpaired) electrons. The van der Waals surface area contributed by atoms with Crippen LogP contribution < -0.4 is 10.2 Å². The average Bonchev–Trinajstić information content (AvgIpc) is 3.33. The fourth-order valence-electron chi connectivity index (χ4n) is 3.74. The van der Waals surface area contributed by atoms with Crippen molar-refractivity contribution in [2.24, 2.45) is 10.3 Å². The summed E-state index contributed by atoms with van der Waals surface area (Å²) in [5.74, 6) is -1.82. The smallest absolute Gasteiger partial charge is 0.338 e. The van der Waals surface area contributed by atoms with Crippen molar-refractivity contribution in [2.45, 2.75) is 32.4 Å². The number of anilines is 2. The van der Waals surface area contributed by atoms with Crippen molar-refractivity contribution in [2.75, 3.05) is 23.4 Å². The van der Waals surface area contributed by atoms with Gasteiger partial charge in [-0.1, -0.05) is 24.3 Å². The number of rotatable bonds is 7. The van der Waals surface area contributed by atoms with E-state index in [2.05, 4.69) is 15.7 Å². The van der Waals surface area contributed by atoms with Gasteiger partial charge in [0.2, 0.25) is 5.91 Å². The standard InChI is InChI=1S/C23H23N5O5/c1-3-14-5-11-17(12-6-14)28-21(30)19-20(22(28)31)27(26-25-19)13-18(29)24-16-9-7-15(8-10-16)23(32)33-4-2/h5-12,19-20H,3-4,13H2,1-2H3,(H,24,29)/t19-,20-/m0/s1. The first-order chi connectivity index (χ1) is 15.9. The molecule has 2 aliphatic rings. The van der Waals surface area contributed by atoms with E-state index in [0.717, 1.165) is 16.9 Å². The molecule has 1 fully saturated rings. The lowest BCUT2D eigenvalue weighted by Crippen LogP contribution is -2.43. The Labute approximate surface area is 190 Å². The lowest BCUT2D eigenvalue weighted by Gasteiger charge is -2.20. The first-order valence-corrected chi connectivity index (χ1v) is 10.6. The number of ether oxygens (including phenoxy) is 1. The van der Waals surface area contributed by atoms with Crippen LogP contribution in [0.5, 0.6) is 0 Å². The van der Waals surface area contributed by atoms with Crippen LogP contribution in [0, 0.1) is 0 Å². The van der Waals surface area contributed by atoms with Crippen molar-refractivity contribution in [1.29, 1.82) is 0 Å². The fraction of sp³-hybridized carbons (Fsp3) is 0.304.